The molecule has 0 N–H and O–H groups in total. The molecule has 0 aliphatic heterocycles. The molecule has 0 aromatic carbocycles. The molecule has 1 nitrogen and oxygen atoms in total. The number of rotatable bonds is 7. The zero-order valence-electron chi connectivity index (χ0n) is 12.7. The molecule has 3 heteroatoms. The molecule has 0 aromatic rings. The molecule has 1 unspecified atom stereocenters. The minimum atomic E-state index is -1.52. The minimum absolute atomic E-state index is 0.207. The fourth-order valence-corrected chi connectivity index (χ4v) is 8.70. The first-order valence-electron chi connectivity index (χ1n) is 6.93. The average molecular weight is 261 g/mol. The third kappa shape index (κ3) is 4.00. The van der Waals surface area contributed by atoms with Crippen LogP contribution in [0.1, 0.15) is 47.0 Å². The third-order valence-electron chi connectivity index (χ3n) is 4.39. The van der Waals surface area contributed by atoms with Crippen LogP contribution in [0.15, 0.2) is 0 Å². The van der Waals surface area contributed by atoms with E-state index in [9.17, 15) is 0 Å². The number of hydrogen-bond donors (Lipinski definition) is 0. The predicted molar refractivity (Wildman–Crippen MR) is 80.5 cm³/mol. The molecular formula is C13H32OSi2. The van der Waals surface area contributed by atoms with Gasteiger partial charge in [0.1, 0.15) is 0 Å². The maximum atomic E-state index is 6.68. The van der Waals surface area contributed by atoms with Gasteiger partial charge in [-0.1, -0.05) is 46.7 Å². The quantitative estimate of drug-likeness (QED) is 0.608. The largest absolute Gasteiger partial charge is 0.415 e. The Hall–Kier alpha value is 0.394. The van der Waals surface area contributed by atoms with E-state index in [1.54, 1.807) is 0 Å². The van der Waals surface area contributed by atoms with E-state index in [-0.39, 0.29) is 5.22 Å². The van der Waals surface area contributed by atoms with Crippen molar-refractivity contribution < 1.29 is 4.43 Å². The Balaban J connectivity index is 4.78. The van der Waals surface area contributed by atoms with E-state index in [1.165, 1.54) is 19.3 Å². The molecule has 0 fully saturated rings. The first kappa shape index (κ1) is 16.4. The topological polar surface area (TPSA) is 9.23 Å². The van der Waals surface area contributed by atoms with Gasteiger partial charge in [0.15, 0.2) is 8.32 Å². The van der Waals surface area contributed by atoms with Crippen molar-refractivity contribution in [2.75, 3.05) is 0 Å². The SMILES string of the molecule is CCC(CC)[Si](C)(C)OC(C)(CC)[SiH](C)C. The van der Waals surface area contributed by atoms with Crippen LogP contribution in [-0.2, 0) is 4.43 Å². The number of hydrogen-bond acceptors (Lipinski definition) is 1. The fraction of sp³-hybridized carbons (Fsp3) is 1.00. The van der Waals surface area contributed by atoms with E-state index in [4.69, 9.17) is 4.43 Å². The third-order valence-corrected chi connectivity index (χ3v) is 11.4. The van der Waals surface area contributed by atoms with Crippen LogP contribution in [0.5, 0.6) is 0 Å². The first-order valence-corrected chi connectivity index (χ1v) is 12.8. The van der Waals surface area contributed by atoms with Gasteiger partial charge in [0.05, 0.1) is 8.80 Å². The molecule has 0 saturated carbocycles. The normalized spacial score (nSPS) is 16.9. The van der Waals surface area contributed by atoms with Gasteiger partial charge < -0.3 is 4.43 Å². The van der Waals surface area contributed by atoms with Gasteiger partial charge in [-0.2, -0.15) is 0 Å². The first-order chi connectivity index (χ1) is 7.23. The summed E-state index contributed by atoms with van der Waals surface area (Å²) in [5.41, 5.74) is 0.811. The Morgan fingerprint density at radius 3 is 1.81 bits per heavy atom. The van der Waals surface area contributed by atoms with E-state index in [0.717, 1.165) is 5.54 Å². The lowest BCUT2D eigenvalue weighted by molar-refractivity contribution is 0.148. The molecular weight excluding hydrogens is 228 g/mol. The summed E-state index contributed by atoms with van der Waals surface area (Å²) in [4.78, 5) is 0. The van der Waals surface area contributed by atoms with Crippen LogP contribution in [0.2, 0.25) is 31.7 Å². The lowest BCUT2D eigenvalue weighted by atomic mass is 10.3. The standard InChI is InChI=1S/C13H32OSi2/c1-9-12(10-2)16(7,8)14-13(4,11-3)15(5)6/h12,15H,9-11H2,1-8H3. The molecule has 0 radical (unpaired) electrons. The highest BCUT2D eigenvalue weighted by molar-refractivity contribution is 6.74. The van der Waals surface area contributed by atoms with Crippen molar-refractivity contribution in [3.8, 4) is 0 Å². The highest BCUT2D eigenvalue weighted by Crippen LogP contribution is 2.35. The van der Waals surface area contributed by atoms with Gasteiger partial charge in [-0.05, 0) is 32.0 Å². The molecule has 16 heavy (non-hydrogen) atoms. The van der Waals surface area contributed by atoms with E-state index in [2.05, 4.69) is 53.9 Å². The van der Waals surface area contributed by atoms with Crippen molar-refractivity contribution in [1.29, 1.82) is 0 Å². The fourth-order valence-electron chi connectivity index (χ4n) is 2.55. The molecule has 0 bridgehead atoms. The highest BCUT2D eigenvalue weighted by Gasteiger charge is 2.39. The molecule has 98 valence electrons. The summed E-state index contributed by atoms with van der Waals surface area (Å²) in [6, 6.07) is 0. The Kier molecular flexibility index (Phi) is 6.52. The zero-order valence-corrected chi connectivity index (χ0v) is 14.8. The molecule has 0 aromatic heterocycles. The van der Waals surface area contributed by atoms with E-state index < -0.39 is 17.1 Å². The molecule has 0 aliphatic carbocycles. The predicted octanol–water partition coefficient (Wildman–Crippen LogP) is 4.59. The van der Waals surface area contributed by atoms with Crippen LogP contribution in [-0.4, -0.2) is 22.3 Å². The molecule has 1 atom stereocenters. The van der Waals surface area contributed by atoms with E-state index in [0.29, 0.717) is 0 Å². The van der Waals surface area contributed by atoms with Crippen LogP contribution < -0.4 is 0 Å². The van der Waals surface area contributed by atoms with Gasteiger partial charge in [-0.15, -0.1) is 0 Å². The van der Waals surface area contributed by atoms with Crippen LogP contribution in [0.25, 0.3) is 0 Å². The maximum Gasteiger partial charge on any atom is 0.190 e. The van der Waals surface area contributed by atoms with Crippen molar-refractivity contribution >= 4 is 17.1 Å². The lowest BCUT2D eigenvalue weighted by Gasteiger charge is -2.43. The van der Waals surface area contributed by atoms with Crippen molar-refractivity contribution in [1.82, 2.24) is 0 Å². The molecule has 0 aliphatic rings. The van der Waals surface area contributed by atoms with Gasteiger partial charge >= 0.3 is 0 Å². The summed E-state index contributed by atoms with van der Waals surface area (Å²) >= 11 is 0. The molecule has 0 amide bonds. The molecule has 0 spiro atoms. The Morgan fingerprint density at radius 1 is 1.12 bits per heavy atom. The second kappa shape index (κ2) is 6.36. The molecule has 0 rings (SSSR count). The maximum absolute atomic E-state index is 6.68. The lowest BCUT2D eigenvalue weighted by Crippen LogP contribution is -2.51. The molecule has 0 saturated heterocycles. The van der Waals surface area contributed by atoms with Crippen LogP contribution in [0.4, 0.5) is 0 Å². The van der Waals surface area contributed by atoms with Crippen molar-refractivity contribution in [2.45, 2.75) is 83.9 Å². The Labute approximate surface area is 106 Å². The van der Waals surface area contributed by atoms with Crippen molar-refractivity contribution in [3.63, 3.8) is 0 Å². The second-order valence-corrected chi connectivity index (χ2v) is 13.8. The van der Waals surface area contributed by atoms with Crippen molar-refractivity contribution in [3.05, 3.63) is 0 Å². The Morgan fingerprint density at radius 2 is 1.56 bits per heavy atom. The minimum Gasteiger partial charge on any atom is -0.415 e. The zero-order chi connectivity index (χ0) is 13.0. The average Bonchev–Trinajstić information content (AvgIpc) is 2.17. The summed E-state index contributed by atoms with van der Waals surface area (Å²) in [7, 11) is -2.27. The van der Waals surface area contributed by atoms with Gasteiger partial charge in [0.2, 0.25) is 0 Å². The van der Waals surface area contributed by atoms with Gasteiger partial charge in [0.25, 0.3) is 0 Å². The molecule has 0 heterocycles. The van der Waals surface area contributed by atoms with Crippen molar-refractivity contribution in [2.24, 2.45) is 0 Å². The van der Waals surface area contributed by atoms with Crippen LogP contribution in [0.3, 0.4) is 0 Å². The van der Waals surface area contributed by atoms with Crippen LogP contribution >= 0.6 is 0 Å². The van der Waals surface area contributed by atoms with Crippen LogP contribution in [0, 0.1) is 0 Å². The smallest absolute Gasteiger partial charge is 0.190 e. The van der Waals surface area contributed by atoms with Gasteiger partial charge in [0, 0.05) is 5.22 Å². The summed E-state index contributed by atoms with van der Waals surface area (Å²) in [6.45, 7) is 18.9. The monoisotopic (exact) mass is 260 g/mol. The highest BCUT2D eigenvalue weighted by atomic mass is 28.4. The van der Waals surface area contributed by atoms with E-state index in [1.807, 2.05) is 0 Å². The van der Waals surface area contributed by atoms with E-state index >= 15 is 0 Å². The summed E-state index contributed by atoms with van der Waals surface area (Å²) < 4.78 is 6.68. The summed E-state index contributed by atoms with van der Waals surface area (Å²) in [5, 5.41) is 0.207. The Bertz CT molecular complexity index is 200. The van der Waals surface area contributed by atoms with Gasteiger partial charge in [-0.3, -0.25) is 0 Å². The second-order valence-electron chi connectivity index (χ2n) is 6.04. The van der Waals surface area contributed by atoms with Gasteiger partial charge in [-0.25, -0.2) is 0 Å². The summed E-state index contributed by atoms with van der Waals surface area (Å²) in [5.74, 6) is 0. The summed E-state index contributed by atoms with van der Waals surface area (Å²) in [6.07, 6.45) is 3.72.